The highest BCUT2D eigenvalue weighted by molar-refractivity contribution is 6.68. The Kier molecular flexibility index (Phi) is 8.61. The number of pyridine rings is 1. The molecule has 3 aromatic rings. The van der Waals surface area contributed by atoms with Gasteiger partial charge in [-0.25, -0.2) is 9.78 Å². The van der Waals surface area contributed by atoms with Crippen LogP contribution in [0.2, 0.25) is 5.15 Å². The van der Waals surface area contributed by atoms with Gasteiger partial charge < -0.3 is 24.2 Å². The van der Waals surface area contributed by atoms with Gasteiger partial charge in [-0.1, -0.05) is 58.5 Å². The number of nitrogens with zero attached hydrogens (tertiary/aromatic N) is 3. The fourth-order valence-corrected chi connectivity index (χ4v) is 5.16. The zero-order chi connectivity index (χ0) is 27.4. The number of benzene rings is 1. The Morgan fingerprint density at radius 2 is 1.85 bits per heavy atom. The summed E-state index contributed by atoms with van der Waals surface area (Å²) in [4.78, 5) is 31.8. The summed E-state index contributed by atoms with van der Waals surface area (Å²) >= 11 is 18.8. The molecule has 1 aliphatic carbocycles. The van der Waals surface area contributed by atoms with Crippen molar-refractivity contribution in [3.63, 3.8) is 0 Å². The van der Waals surface area contributed by atoms with Crippen LogP contribution >= 0.6 is 34.8 Å². The lowest BCUT2D eigenvalue weighted by Gasteiger charge is -2.30. The molecule has 39 heavy (non-hydrogen) atoms. The molecule has 12 heteroatoms. The van der Waals surface area contributed by atoms with Crippen molar-refractivity contribution >= 4 is 58.1 Å². The van der Waals surface area contributed by atoms with Crippen LogP contribution in [0.4, 0.5) is 11.4 Å². The van der Waals surface area contributed by atoms with Crippen molar-refractivity contribution in [3.05, 3.63) is 47.7 Å². The van der Waals surface area contributed by atoms with Crippen molar-refractivity contribution in [1.82, 2.24) is 10.1 Å². The second kappa shape index (κ2) is 12.1. The lowest BCUT2D eigenvalue weighted by Crippen LogP contribution is -2.43. The molecule has 2 aliphatic rings. The van der Waals surface area contributed by atoms with Gasteiger partial charge in [0.2, 0.25) is 0 Å². The Hall–Kier alpha value is -2.85. The van der Waals surface area contributed by atoms with Gasteiger partial charge in [0.25, 0.3) is 10.2 Å². The Morgan fingerprint density at radius 3 is 2.62 bits per heavy atom. The lowest BCUT2D eigenvalue weighted by molar-refractivity contribution is -0.152. The van der Waals surface area contributed by atoms with Crippen LogP contribution in [0.3, 0.4) is 0 Å². The SMILES string of the molecule is O=C(Nc1cccc(-c2cc(-c3c(N4CCOCC4)ccnc3Cl)no2)c1)C(Cl)(Cl)C(=O)OC1CCCCC1. The standard InChI is InChI=1S/C27H27Cl3N4O5/c28-24-23(21(9-10-31-24)34-11-13-37-14-12-34)20-16-22(39-33-20)17-5-4-6-18(15-17)32-25(35)27(29,30)26(36)38-19-7-2-1-3-8-19/h4-6,9-10,15-16,19H,1-3,7-8,11-14H2,(H,32,35). The summed E-state index contributed by atoms with van der Waals surface area (Å²) in [5.41, 5.74) is 3.05. The van der Waals surface area contributed by atoms with E-state index in [1.54, 1.807) is 36.5 Å². The van der Waals surface area contributed by atoms with E-state index in [4.69, 9.17) is 48.8 Å². The van der Waals surface area contributed by atoms with E-state index in [0.29, 0.717) is 46.6 Å². The molecular formula is C27H27Cl3N4O5. The molecule has 0 spiro atoms. The third kappa shape index (κ3) is 6.32. The zero-order valence-corrected chi connectivity index (χ0v) is 23.3. The number of aromatic nitrogens is 2. The van der Waals surface area contributed by atoms with Gasteiger partial charge in [-0.15, -0.1) is 0 Å². The molecule has 1 aliphatic heterocycles. The van der Waals surface area contributed by atoms with Crippen LogP contribution in [0, 0.1) is 0 Å². The second-order valence-corrected chi connectivity index (χ2v) is 11.1. The quantitative estimate of drug-likeness (QED) is 0.157. The second-order valence-electron chi connectivity index (χ2n) is 9.45. The van der Waals surface area contributed by atoms with E-state index >= 15 is 0 Å². The largest absolute Gasteiger partial charge is 0.460 e. The molecule has 5 rings (SSSR count). The van der Waals surface area contributed by atoms with Gasteiger partial charge in [-0.05, 0) is 43.9 Å². The molecule has 2 aromatic heterocycles. The van der Waals surface area contributed by atoms with Gasteiger partial charge >= 0.3 is 5.97 Å². The van der Waals surface area contributed by atoms with Crippen LogP contribution in [-0.4, -0.2) is 58.8 Å². The number of hydrogen-bond donors (Lipinski definition) is 1. The number of nitrogens with one attached hydrogen (secondary N) is 1. The molecule has 9 nitrogen and oxygen atoms in total. The number of esters is 1. The number of anilines is 2. The molecule has 1 saturated carbocycles. The summed E-state index contributed by atoms with van der Waals surface area (Å²) in [6, 6.07) is 10.5. The minimum Gasteiger partial charge on any atom is -0.460 e. The molecule has 1 N–H and O–H groups in total. The normalized spacial score (nSPS) is 16.6. The summed E-state index contributed by atoms with van der Waals surface area (Å²) < 4.78 is 14.1. The molecule has 1 aromatic carbocycles. The van der Waals surface area contributed by atoms with Gasteiger partial charge in [0, 0.05) is 36.6 Å². The maximum absolute atomic E-state index is 12.8. The van der Waals surface area contributed by atoms with E-state index in [1.165, 1.54) is 0 Å². The molecule has 2 fully saturated rings. The fourth-order valence-electron chi connectivity index (χ4n) is 4.72. The summed E-state index contributed by atoms with van der Waals surface area (Å²) in [6.07, 6.45) is 5.85. The number of carbonyl (C=O) groups excluding carboxylic acids is 2. The predicted molar refractivity (Wildman–Crippen MR) is 149 cm³/mol. The molecule has 0 unspecified atom stereocenters. The fraction of sp³-hybridized carbons (Fsp3) is 0.407. The number of alkyl halides is 2. The molecule has 1 amide bonds. The Morgan fingerprint density at radius 1 is 1.08 bits per heavy atom. The first-order valence-corrected chi connectivity index (χ1v) is 13.9. The third-order valence-corrected chi connectivity index (χ3v) is 7.71. The smallest absolute Gasteiger partial charge is 0.352 e. The highest BCUT2D eigenvalue weighted by Gasteiger charge is 2.45. The van der Waals surface area contributed by atoms with E-state index in [1.807, 2.05) is 6.07 Å². The number of morpholine rings is 1. The number of hydrogen-bond acceptors (Lipinski definition) is 8. The van der Waals surface area contributed by atoms with Crippen molar-refractivity contribution < 1.29 is 23.6 Å². The summed E-state index contributed by atoms with van der Waals surface area (Å²) in [5.74, 6) is -1.44. The van der Waals surface area contributed by atoms with Crippen molar-refractivity contribution in [3.8, 4) is 22.6 Å². The molecule has 0 atom stereocenters. The van der Waals surface area contributed by atoms with Crippen molar-refractivity contribution in [1.29, 1.82) is 0 Å². The molecule has 1 saturated heterocycles. The van der Waals surface area contributed by atoms with Crippen LogP contribution < -0.4 is 10.2 Å². The van der Waals surface area contributed by atoms with Gasteiger partial charge in [-0.2, -0.15) is 0 Å². The van der Waals surface area contributed by atoms with Crippen LogP contribution in [0.5, 0.6) is 0 Å². The minimum absolute atomic E-state index is 0.281. The van der Waals surface area contributed by atoms with E-state index in [0.717, 1.165) is 50.9 Å². The van der Waals surface area contributed by atoms with Crippen LogP contribution in [0.25, 0.3) is 22.6 Å². The van der Waals surface area contributed by atoms with E-state index in [2.05, 4.69) is 20.4 Å². The Bertz CT molecular complexity index is 1340. The summed E-state index contributed by atoms with van der Waals surface area (Å²) in [6.45, 7) is 2.67. The van der Waals surface area contributed by atoms with Gasteiger partial charge in [0.15, 0.2) is 5.76 Å². The predicted octanol–water partition coefficient (Wildman–Crippen LogP) is 5.88. The lowest BCUT2D eigenvalue weighted by atomic mass is 9.98. The minimum atomic E-state index is -2.39. The maximum Gasteiger partial charge on any atom is 0.352 e. The number of rotatable bonds is 7. The average Bonchev–Trinajstić information content (AvgIpc) is 3.44. The Labute approximate surface area is 240 Å². The highest BCUT2D eigenvalue weighted by atomic mass is 35.5. The monoisotopic (exact) mass is 592 g/mol. The third-order valence-electron chi connectivity index (χ3n) is 6.77. The van der Waals surface area contributed by atoms with E-state index < -0.39 is 16.2 Å². The average molecular weight is 594 g/mol. The van der Waals surface area contributed by atoms with E-state index in [-0.39, 0.29) is 6.10 Å². The molecule has 3 heterocycles. The first kappa shape index (κ1) is 27.7. The van der Waals surface area contributed by atoms with E-state index in [9.17, 15) is 9.59 Å². The first-order valence-electron chi connectivity index (χ1n) is 12.8. The van der Waals surface area contributed by atoms with Crippen LogP contribution in [-0.2, 0) is 19.1 Å². The molecule has 0 radical (unpaired) electrons. The first-order chi connectivity index (χ1) is 18.8. The van der Waals surface area contributed by atoms with Gasteiger partial charge in [-0.3, -0.25) is 4.79 Å². The van der Waals surface area contributed by atoms with Crippen molar-refractivity contribution in [2.24, 2.45) is 0 Å². The van der Waals surface area contributed by atoms with Gasteiger partial charge in [0.1, 0.15) is 17.0 Å². The topological polar surface area (TPSA) is 107 Å². The highest BCUT2D eigenvalue weighted by Crippen LogP contribution is 2.38. The Balaban J connectivity index is 1.32. The van der Waals surface area contributed by atoms with Crippen molar-refractivity contribution in [2.45, 2.75) is 42.5 Å². The van der Waals surface area contributed by atoms with Crippen LogP contribution in [0.15, 0.2) is 47.1 Å². The summed E-state index contributed by atoms with van der Waals surface area (Å²) in [5, 5.41) is 7.14. The number of halogens is 3. The zero-order valence-electron chi connectivity index (χ0n) is 21.0. The van der Waals surface area contributed by atoms with Gasteiger partial charge in [0.05, 0.1) is 24.5 Å². The summed E-state index contributed by atoms with van der Waals surface area (Å²) in [7, 11) is 0. The maximum atomic E-state index is 12.8. The number of carbonyl (C=O) groups is 2. The number of amides is 1. The molecule has 0 bridgehead atoms. The van der Waals surface area contributed by atoms with Crippen molar-refractivity contribution in [2.75, 3.05) is 36.5 Å². The molecular weight excluding hydrogens is 567 g/mol. The number of ether oxygens (including phenoxy) is 2. The molecule has 206 valence electrons. The van der Waals surface area contributed by atoms with Crippen LogP contribution in [0.1, 0.15) is 32.1 Å².